The number of halogens is 1. The number of benzene rings is 1. The number of pyridine rings is 1. The van der Waals surface area contributed by atoms with Crippen LogP contribution in [0.3, 0.4) is 0 Å². The van der Waals surface area contributed by atoms with Crippen LogP contribution in [0.25, 0.3) is 0 Å². The van der Waals surface area contributed by atoms with Crippen LogP contribution >= 0.6 is 15.9 Å². The first kappa shape index (κ1) is 14.8. The predicted molar refractivity (Wildman–Crippen MR) is 83.1 cm³/mol. The summed E-state index contributed by atoms with van der Waals surface area (Å²) in [4.78, 5) is 4.27. The van der Waals surface area contributed by atoms with Crippen molar-refractivity contribution in [2.75, 3.05) is 10.5 Å². The molecule has 5 nitrogen and oxygen atoms in total. The van der Waals surface area contributed by atoms with Crippen molar-refractivity contribution in [3.63, 3.8) is 0 Å². The van der Waals surface area contributed by atoms with Gasteiger partial charge in [-0.15, -0.1) is 0 Å². The van der Waals surface area contributed by atoms with E-state index in [-0.39, 0.29) is 10.7 Å². The topological polar surface area (TPSA) is 85.1 Å². The maximum absolute atomic E-state index is 12.2. The van der Waals surface area contributed by atoms with Gasteiger partial charge in [0.1, 0.15) is 5.82 Å². The number of rotatable bonds is 3. The largest absolute Gasteiger partial charge is 0.398 e. The van der Waals surface area contributed by atoms with Crippen molar-refractivity contribution in [1.82, 2.24) is 4.98 Å². The molecule has 0 aliphatic carbocycles. The lowest BCUT2D eigenvalue weighted by atomic mass is 10.2. The van der Waals surface area contributed by atoms with Crippen LogP contribution in [-0.4, -0.2) is 13.4 Å². The van der Waals surface area contributed by atoms with Gasteiger partial charge in [0.05, 0.1) is 10.6 Å². The Balaban J connectivity index is 2.35. The van der Waals surface area contributed by atoms with Gasteiger partial charge in [-0.25, -0.2) is 13.4 Å². The summed E-state index contributed by atoms with van der Waals surface area (Å²) in [6, 6.07) is 7.95. The number of aryl methyl sites for hydroxylation is 2. The zero-order valence-corrected chi connectivity index (χ0v) is 13.4. The van der Waals surface area contributed by atoms with Gasteiger partial charge in [-0.3, -0.25) is 4.72 Å². The minimum Gasteiger partial charge on any atom is -0.398 e. The molecule has 2 aromatic rings. The number of nitrogen functional groups attached to an aromatic ring is 1. The average molecular weight is 356 g/mol. The fourth-order valence-corrected chi connectivity index (χ4v) is 2.84. The van der Waals surface area contributed by atoms with E-state index in [0.717, 1.165) is 10.0 Å². The first-order valence-corrected chi connectivity index (χ1v) is 8.09. The molecule has 0 fully saturated rings. The first-order valence-electron chi connectivity index (χ1n) is 5.82. The normalized spacial score (nSPS) is 11.3. The molecule has 0 saturated heterocycles. The third-order valence-electron chi connectivity index (χ3n) is 2.82. The van der Waals surface area contributed by atoms with E-state index in [4.69, 9.17) is 5.73 Å². The summed E-state index contributed by atoms with van der Waals surface area (Å²) in [6.07, 6.45) is 0. The molecule has 0 unspecified atom stereocenters. The minimum absolute atomic E-state index is 0.114. The number of anilines is 2. The number of hydrogen-bond donors (Lipinski definition) is 2. The second kappa shape index (κ2) is 5.41. The van der Waals surface area contributed by atoms with Crippen LogP contribution < -0.4 is 10.5 Å². The number of nitrogens with one attached hydrogen (secondary N) is 1. The molecule has 0 spiro atoms. The molecule has 7 heteroatoms. The van der Waals surface area contributed by atoms with Gasteiger partial charge in [-0.05, 0) is 59.6 Å². The van der Waals surface area contributed by atoms with Gasteiger partial charge < -0.3 is 5.73 Å². The summed E-state index contributed by atoms with van der Waals surface area (Å²) in [5, 5.41) is 0. The van der Waals surface area contributed by atoms with Gasteiger partial charge in [0, 0.05) is 10.2 Å². The molecular formula is C13H14BrN3O2S. The highest BCUT2D eigenvalue weighted by molar-refractivity contribution is 9.10. The molecule has 3 N–H and O–H groups in total. The van der Waals surface area contributed by atoms with Crippen molar-refractivity contribution in [1.29, 1.82) is 0 Å². The van der Waals surface area contributed by atoms with Crippen LogP contribution in [0.2, 0.25) is 0 Å². The molecule has 106 valence electrons. The molecule has 2 rings (SSSR count). The molecule has 0 saturated carbocycles. The van der Waals surface area contributed by atoms with E-state index in [9.17, 15) is 8.42 Å². The fraction of sp³-hybridized carbons (Fsp3) is 0.154. The molecule has 1 aromatic carbocycles. The van der Waals surface area contributed by atoms with E-state index in [2.05, 4.69) is 25.6 Å². The molecule has 0 radical (unpaired) electrons. The Kier molecular flexibility index (Phi) is 4.01. The molecule has 0 aliphatic rings. The highest BCUT2D eigenvalue weighted by atomic mass is 79.9. The van der Waals surface area contributed by atoms with E-state index in [1.54, 1.807) is 25.1 Å². The predicted octanol–water partition coefficient (Wildman–Crippen LogP) is 2.84. The first-order chi connectivity index (χ1) is 9.29. The van der Waals surface area contributed by atoms with E-state index < -0.39 is 10.0 Å². The lowest BCUT2D eigenvalue weighted by molar-refractivity contribution is 0.601. The Morgan fingerprint density at radius 3 is 2.50 bits per heavy atom. The second-order valence-corrected chi connectivity index (χ2v) is 6.92. The maximum atomic E-state index is 12.2. The van der Waals surface area contributed by atoms with Crippen molar-refractivity contribution >= 4 is 37.5 Å². The van der Waals surface area contributed by atoms with E-state index in [1.165, 1.54) is 12.1 Å². The number of hydrogen-bond acceptors (Lipinski definition) is 4. The van der Waals surface area contributed by atoms with E-state index >= 15 is 0 Å². The average Bonchev–Trinajstić information content (AvgIpc) is 2.37. The van der Waals surface area contributed by atoms with Crippen LogP contribution in [0, 0.1) is 13.8 Å². The van der Waals surface area contributed by atoms with Gasteiger partial charge >= 0.3 is 0 Å². The summed E-state index contributed by atoms with van der Waals surface area (Å²) < 4.78 is 27.7. The van der Waals surface area contributed by atoms with Crippen LogP contribution in [-0.2, 0) is 10.0 Å². The summed E-state index contributed by atoms with van der Waals surface area (Å²) >= 11 is 3.32. The van der Waals surface area contributed by atoms with Gasteiger partial charge in [-0.2, -0.15) is 0 Å². The quantitative estimate of drug-likeness (QED) is 0.829. The van der Waals surface area contributed by atoms with Crippen molar-refractivity contribution in [3.05, 3.63) is 46.1 Å². The van der Waals surface area contributed by atoms with Crippen LogP contribution in [0.15, 0.2) is 39.7 Å². The van der Waals surface area contributed by atoms with Crippen molar-refractivity contribution in [3.8, 4) is 0 Å². The number of aromatic nitrogens is 1. The highest BCUT2D eigenvalue weighted by Gasteiger charge is 2.16. The third-order valence-corrected chi connectivity index (χ3v) is 5.01. The Bertz CT molecular complexity index is 760. The summed E-state index contributed by atoms with van der Waals surface area (Å²) in [6.45, 7) is 3.60. The summed E-state index contributed by atoms with van der Waals surface area (Å²) in [7, 11) is -3.69. The minimum atomic E-state index is -3.69. The number of sulfonamides is 1. The lowest BCUT2D eigenvalue weighted by Gasteiger charge is -2.10. The van der Waals surface area contributed by atoms with Crippen molar-refractivity contribution < 1.29 is 8.42 Å². The smallest absolute Gasteiger partial charge is 0.263 e. The molecule has 0 atom stereocenters. The lowest BCUT2D eigenvalue weighted by Crippen LogP contribution is -2.14. The summed E-state index contributed by atoms with van der Waals surface area (Å²) in [5.41, 5.74) is 7.72. The summed E-state index contributed by atoms with van der Waals surface area (Å²) in [5.74, 6) is 0.268. The molecule has 20 heavy (non-hydrogen) atoms. The van der Waals surface area contributed by atoms with Gasteiger partial charge in [-0.1, -0.05) is 6.07 Å². The molecule has 0 bridgehead atoms. The Morgan fingerprint density at radius 2 is 1.90 bits per heavy atom. The third kappa shape index (κ3) is 3.10. The van der Waals surface area contributed by atoms with Crippen LogP contribution in [0.4, 0.5) is 11.5 Å². The Morgan fingerprint density at radius 1 is 1.20 bits per heavy atom. The maximum Gasteiger partial charge on any atom is 0.263 e. The van der Waals surface area contributed by atoms with Crippen molar-refractivity contribution in [2.45, 2.75) is 18.7 Å². The standard InChI is InChI=1S/C13H14BrN3O2S/c1-8-3-4-10(7-12(8)15)20(18,19)17-13-6-5-11(14)9(2)16-13/h3-7H,15H2,1-2H3,(H,16,17). The monoisotopic (exact) mass is 355 g/mol. The molecule has 1 heterocycles. The van der Waals surface area contributed by atoms with Crippen molar-refractivity contribution in [2.24, 2.45) is 0 Å². The molecular weight excluding hydrogens is 342 g/mol. The Labute approximate surface area is 126 Å². The number of nitrogens with zero attached hydrogens (tertiary/aromatic N) is 1. The zero-order valence-electron chi connectivity index (χ0n) is 11.0. The van der Waals surface area contributed by atoms with E-state index in [1.807, 2.05) is 6.92 Å². The molecule has 0 amide bonds. The molecule has 1 aromatic heterocycles. The van der Waals surface area contributed by atoms with Gasteiger partial charge in [0.2, 0.25) is 0 Å². The van der Waals surface area contributed by atoms with Gasteiger partial charge in [0.25, 0.3) is 10.0 Å². The van der Waals surface area contributed by atoms with Crippen LogP contribution in [0.1, 0.15) is 11.3 Å². The SMILES string of the molecule is Cc1ccc(S(=O)(=O)Nc2ccc(Br)c(C)n2)cc1N. The van der Waals surface area contributed by atoms with Gasteiger partial charge in [0.15, 0.2) is 0 Å². The zero-order chi connectivity index (χ0) is 14.9. The molecule has 0 aliphatic heterocycles. The second-order valence-electron chi connectivity index (χ2n) is 4.39. The number of nitrogens with two attached hydrogens (primary N) is 1. The van der Waals surface area contributed by atoms with E-state index in [0.29, 0.717) is 11.4 Å². The van der Waals surface area contributed by atoms with Crippen LogP contribution in [0.5, 0.6) is 0 Å². The highest BCUT2D eigenvalue weighted by Crippen LogP contribution is 2.21. The fourth-order valence-electron chi connectivity index (χ4n) is 1.58. The Hall–Kier alpha value is -1.60.